The molecule has 1 atom stereocenters. The van der Waals surface area contributed by atoms with Gasteiger partial charge in [0.1, 0.15) is 0 Å². The molecule has 1 fully saturated rings. The van der Waals surface area contributed by atoms with Crippen molar-refractivity contribution >= 4 is 17.7 Å². The lowest BCUT2D eigenvalue weighted by atomic mass is 9.84. The number of amides is 1. The molecule has 106 valence electrons. The monoisotopic (exact) mass is 272 g/mol. The Morgan fingerprint density at radius 2 is 2.06 bits per heavy atom. The van der Waals surface area contributed by atoms with Crippen LogP contribution >= 0.6 is 11.8 Å². The number of piperidine rings is 1. The van der Waals surface area contributed by atoms with Gasteiger partial charge < -0.3 is 10.6 Å². The van der Waals surface area contributed by atoms with E-state index in [1.54, 1.807) is 11.8 Å². The van der Waals surface area contributed by atoms with Gasteiger partial charge in [0.2, 0.25) is 5.91 Å². The van der Waals surface area contributed by atoms with Gasteiger partial charge in [-0.1, -0.05) is 6.92 Å². The molecule has 1 aliphatic rings. The lowest BCUT2D eigenvalue weighted by Gasteiger charge is -2.28. The van der Waals surface area contributed by atoms with Crippen molar-refractivity contribution in [1.82, 2.24) is 10.6 Å². The molecule has 0 saturated carbocycles. The molecular formula is C14H28N2OS. The van der Waals surface area contributed by atoms with Gasteiger partial charge in [-0.05, 0) is 57.9 Å². The molecule has 1 aliphatic heterocycles. The van der Waals surface area contributed by atoms with E-state index in [0.29, 0.717) is 18.3 Å². The lowest BCUT2D eigenvalue weighted by molar-refractivity contribution is -0.122. The molecule has 3 nitrogen and oxygen atoms in total. The van der Waals surface area contributed by atoms with Crippen molar-refractivity contribution in [3.63, 3.8) is 0 Å². The predicted octanol–water partition coefficient (Wildman–Crippen LogP) is 2.27. The summed E-state index contributed by atoms with van der Waals surface area (Å²) in [5, 5.41) is 6.44. The van der Waals surface area contributed by atoms with Gasteiger partial charge in [-0.3, -0.25) is 4.79 Å². The molecule has 1 unspecified atom stereocenters. The fourth-order valence-electron chi connectivity index (χ4n) is 2.33. The van der Waals surface area contributed by atoms with Crippen LogP contribution in [0.5, 0.6) is 0 Å². The highest BCUT2D eigenvalue weighted by Crippen LogP contribution is 2.24. The minimum Gasteiger partial charge on any atom is -0.355 e. The standard InChI is InChI=1S/C14H28N2OS/c1-11(12-5-7-15-8-6-12)9-13(17)16-10-14(2,3)18-4/h11-12,15H,5-10H2,1-4H3,(H,16,17). The highest BCUT2D eigenvalue weighted by atomic mass is 32.2. The van der Waals surface area contributed by atoms with Crippen molar-refractivity contribution < 1.29 is 4.79 Å². The van der Waals surface area contributed by atoms with Crippen LogP contribution in [0.4, 0.5) is 0 Å². The third kappa shape index (κ3) is 5.61. The van der Waals surface area contributed by atoms with Crippen molar-refractivity contribution in [3.8, 4) is 0 Å². The summed E-state index contributed by atoms with van der Waals surface area (Å²) in [5.74, 6) is 1.43. The van der Waals surface area contributed by atoms with Gasteiger partial charge in [0.05, 0.1) is 0 Å². The van der Waals surface area contributed by atoms with Crippen LogP contribution in [0.15, 0.2) is 0 Å². The van der Waals surface area contributed by atoms with Crippen LogP contribution in [-0.2, 0) is 4.79 Å². The average Bonchev–Trinajstić information content (AvgIpc) is 2.37. The van der Waals surface area contributed by atoms with E-state index < -0.39 is 0 Å². The summed E-state index contributed by atoms with van der Waals surface area (Å²) in [4.78, 5) is 11.9. The van der Waals surface area contributed by atoms with Crippen LogP contribution < -0.4 is 10.6 Å². The predicted molar refractivity (Wildman–Crippen MR) is 80.0 cm³/mol. The van der Waals surface area contributed by atoms with Crippen LogP contribution in [0.2, 0.25) is 0 Å². The molecule has 0 radical (unpaired) electrons. The van der Waals surface area contributed by atoms with Crippen LogP contribution in [0.1, 0.15) is 40.0 Å². The van der Waals surface area contributed by atoms with Gasteiger partial charge in [-0.2, -0.15) is 11.8 Å². The molecule has 0 spiro atoms. The quantitative estimate of drug-likeness (QED) is 0.779. The maximum Gasteiger partial charge on any atom is 0.220 e. The van der Waals surface area contributed by atoms with Crippen LogP contribution in [0.3, 0.4) is 0 Å². The summed E-state index contributed by atoms with van der Waals surface area (Å²) in [5.41, 5.74) is 0. The number of carbonyl (C=O) groups is 1. The average molecular weight is 272 g/mol. The van der Waals surface area contributed by atoms with Crippen LogP contribution in [0.25, 0.3) is 0 Å². The molecule has 18 heavy (non-hydrogen) atoms. The van der Waals surface area contributed by atoms with Crippen molar-refractivity contribution in [2.45, 2.75) is 44.8 Å². The Balaban J connectivity index is 2.26. The molecule has 1 rings (SSSR count). The fourth-order valence-corrected chi connectivity index (χ4v) is 2.54. The molecule has 2 N–H and O–H groups in total. The Morgan fingerprint density at radius 1 is 1.44 bits per heavy atom. The molecule has 0 aromatic rings. The van der Waals surface area contributed by atoms with Gasteiger partial charge in [0.15, 0.2) is 0 Å². The molecule has 4 heteroatoms. The maximum absolute atomic E-state index is 11.9. The summed E-state index contributed by atoms with van der Waals surface area (Å²) in [6.07, 6.45) is 5.19. The van der Waals surface area contributed by atoms with Crippen molar-refractivity contribution in [2.75, 3.05) is 25.9 Å². The van der Waals surface area contributed by atoms with E-state index in [4.69, 9.17) is 0 Å². The van der Waals surface area contributed by atoms with Crippen molar-refractivity contribution in [2.24, 2.45) is 11.8 Å². The Hall–Kier alpha value is -0.220. The molecule has 0 aliphatic carbocycles. The van der Waals surface area contributed by atoms with E-state index >= 15 is 0 Å². The largest absolute Gasteiger partial charge is 0.355 e. The molecule has 0 aromatic carbocycles. The second kappa shape index (κ2) is 7.39. The van der Waals surface area contributed by atoms with E-state index in [9.17, 15) is 4.79 Å². The Morgan fingerprint density at radius 3 is 2.61 bits per heavy atom. The first kappa shape index (κ1) is 15.8. The molecule has 1 saturated heterocycles. The van der Waals surface area contributed by atoms with Gasteiger partial charge in [0, 0.05) is 17.7 Å². The first-order valence-electron chi connectivity index (χ1n) is 6.97. The van der Waals surface area contributed by atoms with E-state index in [0.717, 1.165) is 19.6 Å². The molecular weight excluding hydrogens is 244 g/mol. The van der Waals surface area contributed by atoms with Gasteiger partial charge in [-0.15, -0.1) is 0 Å². The van der Waals surface area contributed by atoms with Crippen molar-refractivity contribution in [3.05, 3.63) is 0 Å². The third-order valence-corrected chi connectivity index (χ3v) is 5.21. The Labute approximate surface area is 116 Å². The maximum atomic E-state index is 11.9. The normalized spacial score (nSPS) is 19.6. The second-order valence-corrected chi connectivity index (χ2v) is 7.52. The summed E-state index contributed by atoms with van der Waals surface area (Å²) < 4.78 is 0.133. The van der Waals surface area contributed by atoms with Gasteiger partial charge in [-0.25, -0.2) is 0 Å². The zero-order valence-corrected chi connectivity index (χ0v) is 13.0. The summed E-state index contributed by atoms with van der Waals surface area (Å²) in [6.45, 7) is 9.51. The molecule has 1 amide bonds. The number of nitrogens with one attached hydrogen (secondary N) is 2. The molecule has 0 bridgehead atoms. The fraction of sp³-hybridized carbons (Fsp3) is 0.929. The van der Waals surface area contributed by atoms with E-state index in [-0.39, 0.29) is 10.7 Å². The number of carbonyl (C=O) groups excluding carboxylic acids is 1. The highest BCUT2D eigenvalue weighted by Gasteiger charge is 2.23. The lowest BCUT2D eigenvalue weighted by Crippen LogP contribution is -2.38. The van der Waals surface area contributed by atoms with Crippen LogP contribution in [-0.4, -0.2) is 36.5 Å². The summed E-state index contributed by atoms with van der Waals surface area (Å²) >= 11 is 1.79. The van der Waals surface area contributed by atoms with Crippen molar-refractivity contribution in [1.29, 1.82) is 0 Å². The number of thioether (sulfide) groups is 1. The zero-order chi connectivity index (χ0) is 13.6. The minimum atomic E-state index is 0.133. The molecule has 0 aromatic heterocycles. The third-order valence-electron chi connectivity index (χ3n) is 3.96. The van der Waals surface area contributed by atoms with E-state index in [1.807, 2.05) is 0 Å². The summed E-state index contributed by atoms with van der Waals surface area (Å²) in [7, 11) is 0. The van der Waals surface area contributed by atoms with E-state index in [1.165, 1.54) is 12.8 Å². The minimum absolute atomic E-state index is 0.133. The number of hydrogen-bond acceptors (Lipinski definition) is 3. The molecule has 1 heterocycles. The van der Waals surface area contributed by atoms with Gasteiger partial charge >= 0.3 is 0 Å². The Bertz CT molecular complexity index is 263. The number of hydrogen-bond donors (Lipinski definition) is 2. The second-order valence-electron chi connectivity index (χ2n) is 6.01. The SMILES string of the molecule is CSC(C)(C)CNC(=O)CC(C)C1CCNCC1. The van der Waals surface area contributed by atoms with Gasteiger partial charge in [0.25, 0.3) is 0 Å². The first-order chi connectivity index (χ1) is 8.44. The zero-order valence-electron chi connectivity index (χ0n) is 12.2. The topological polar surface area (TPSA) is 41.1 Å². The summed E-state index contributed by atoms with van der Waals surface area (Å²) in [6, 6.07) is 0. The van der Waals surface area contributed by atoms with Crippen LogP contribution in [0, 0.1) is 11.8 Å². The highest BCUT2D eigenvalue weighted by molar-refractivity contribution is 7.99. The smallest absolute Gasteiger partial charge is 0.220 e. The number of rotatable bonds is 6. The Kier molecular flexibility index (Phi) is 6.50. The first-order valence-corrected chi connectivity index (χ1v) is 8.19. The van der Waals surface area contributed by atoms with E-state index in [2.05, 4.69) is 37.7 Å².